The Bertz CT molecular complexity index is 1540. The van der Waals surface area contributed by atoms with Gasteiger partial charge in [-0.25, -0.2) is 12.8 Å². The van der Waals surface area contributed by atoms with E-state index in [1.807, 2.05) is 13.0 Å². The number of benzene rings is 3. The van der Waals surface area contributed by atoms with Crippen LogP contribution in [-0.2, 0) is 19.4 Å². The Labute approximate surface area is 240 Å². The highest BCUT2D eigenvalue weighted by Crippen LogP contribution is 2.45. The molecular formula is C32H34ClFO5S. The number of hydrogen-bond donors (Lipinski definition) is 0. The molecule has 0 aromatic heterocycles. The summed E-state index contributed by atoms with van der Waals surface area (Å²) in [4.78, 5) is 12.8. The lowest BCUT2D eigenvalue weighted by Crippen LogP contribution is -2.37. The van der Waals surface area contributed by atoms with Crippen molar-refractivity contribution in [1.29, 1.82) is 0 Å². The normalized spacial score (nSPS) is 17.6. The predicted molar refractivity (Wildman–Crippen MR) is 157 cm³/mol. The van der Waals surface area contributed by atoms with Gasteiger partial charge in [-0.2, -0.15) is 0 Å². The van der Waals surface area contributed by atoms with Gasteiger partial charge in [0.2, 0.25) is 0 Å². The highest BCUT2D eigenvalue weighted by Gasteiger charge is 2.42. The van der Waals surface area contributed by atoms with Crippen LogP contribution in [0.3, 0.4) is 0 Å². The number of carbonyl (C=O) groups excluding carboxylic acids is 1. The van der Waals surface area contributed by atoms with Crippen molar-refractivity contribution >= 4 is 39.1 Å². The quantitative estimate of drug-likeness (QED) is 0.198. The minimum atomic E-state index is -3.83. The van der Waals surface area contributed by atoms with Gasteiger partial charge in [0.1, 0.15) is 17.7 Å². The molecule has 0 bridgehead atoms. The summed E-state index contributed by atoms with van der Waals surface area (Å²) in [6.45, 7) is 9.17. The van der Waals surface area contributed by atoms with E-state index >= 15 is 0 Å². The van der Waals surface area contributed by atoms with E-state index in [0.717, 1.165) is 5.56 Å². The fraction of sp³-hybridized carbons (Fsp3) is 0.344. The van der Waals surface area contributed by atoms with Crippen LogP contribution >= 0.6 is 11.6 Å². The SMILES string of the molecule is CCOC(=O)C(C)(C)C[C@H]1C[C@H](S(=O)(=O)c2cccc(C)c2)c2cc(/C=C(\C)c3c(F)cccc3Cl)ccc2O1. The average Bonchev–Trinajstić information content (AvgIpc) is 2.88. The van der Waals surface area contributed by atoms with Crippen LogP contribution in [0.2, 0.25) is 5.02 Å². The van der Waals surface area contributed by atoms with Gasteiger partial charge >= 0.3 is 5.97 Å². The van der Waals surface area contributed by atoms with E-state index in [2.05, 4.69) is 0 Å². The molecule has 0 saturated carbocycles. The summed E-state index contributed by atoms with van der Waals surface area (Å²) in [6.07, 6.45) is 1.70. The summed E-state index contributed by atoms with van der Waals surface area (Å²) in [6, 6.07) is 16.7. The van der Waals surface area contributed by atoms with E-state index < -0.39 is 32.4 Å². The maximum absolute atomic E-state index is 14.5. The summed E-state index contributed by atoms with van der Waals surface area (Å²) in [7, 11) is -3.83. The van der Waals surface area contributed by atoms with Gasteiger partial charge in [0.05, 0.1) is 27.2 Å². The summed E-state index contributed by atoms with van der Waals surface area (Å²) in [5, 5.41) is -0.617. The third-order valence-electron chi connectivity index (χ3n) is 7.15. The molecule has 3 aromatic rings. The second kappa shape index (κ2) is 11.8. The molecule has 0 saturated heterocycles. The minimum absolute atomic E-state index is 0.164. The summed E-state index contributed by atoms with van der Waals surface area (Å²) in [5.41, 5.74) is 2.08. The van der Waals surface area contributed by atoms with E-state index in [1.165, 1.54) is 6.07 Å². The molecule has 212 valence electrons. The molecule has 0 amide bonds. The van der Waals surface area contributed by atoms with Gasteiger partial charge in [-0.1, -0.05) is 41.9 Å². The Morgan fingerprint density at radius 2 is 1.88 bits per heavy atom. The first-order chi connectivity index (χ1) is 18.8. The van der Waals surface area contributed by atoms with Crippen molar-refractivity contribution in [2.75, 3.05) is 6.61 Å². The maximum Gasteiger partial charge on any atom is 0.311 e. The molecule has 1 aliphatic heterocycles. The zero-order chi connectivity index (χ0) is 29.2. The second-order valence-corrected chi connectivity index (χ2v) is 13.4. The Morgan fingerprint density at radius 1 is 1.15 bits per heavy atom. The smallest absolute Gasteiger partial charge is 0.311 e. The van der Waals surface area contributed by atoms with Gasteiger partial charge in [0.25, 0.3) is 0 Å². The van der Waals surface area contributed by atoms with Gasteiger partial charge < -0.3 is 9.47 Å². The van der Waals surface area contributed by atoms with Crippen LogP contribution in [0.15, 0.2) is 65.6 Å². The van der Waals surface area contributed by atoms with E-state index in [9.17, 15) is 17.6 Å². The summed E-state index contributed by atoms with van der Waals surface area (Å²) in [5.74, 6) is -0.351. The molecule has 2 atom stereocenters. The lowest BCUT2D eigenvalue weighted by Gasteiger charge is -2.35. The Kier molecular flexibility index (Phi) is 8.76. The first kappa shape index (κ1) is 29.8. The van der Waals surface area contributed by atoms with E-state index in [1.54, 1.807) is 82.3 Å². The van der Waals surface area contributed by atoms with Crippen molar-refractivity contribution in [2.24, 2.45) is 5.41 Å². The third kappa shape index (κ3) is 6.26. The molecule has 3 aromatic carbocycles. The minimum Gasteiger partial charge on any atom is -0.490 e. The molecule has 0 unspecified atom stereocenters. The van der Waals surface area contributed by atoms with Crippen LogP contribution in [0.1, 0.15) is 68.0 Å². The van der Waals surface area contributed by atoms with Crippen LogP contribution in [-0.4, -0.2) is 27.1 Å². The molecule has 8 heteroatoms. The number of rotatable bonds is 8. The second-order valence-electron chi connectivity index (χ2n) is 10.9. The van der Waals surface area contributed by atoms with Crippen LogP contribution in [0.25, 0.3) is 11.6 Å². The first-order valence-corrected chi connectivity index (χ1v) is 15.2. The molecule has 4 rings (SSSR count). The molecule has 0 aliphatic carbocycles. The maximum atomic E-state index is 14.5. The fourth-order valence-electron chi connectivity index (χ4n) is 5.16. The first-order valence-electron chi connectivity index (χ1n) is 13.2. The Balaban J connectivity index is 1.78. The van der Waals surface area contributed by atoms with Gasteiger partial charge in [0.15, 0.2) is 9.84 Å². The number of esters is 1. The molecule has 1 heterocycles. The highest BCUT2D eigenvalue weighted by molar-refractivity contribution is 7.91. The molecular weight excluding hydrogens is 551 g/mol. The van der Waals surface area contributed by atoms with E-state index in [-0.39, 0.29) is 30.3 Å². The standard InChI is InChI=1S/C32H34ClFO5S/c1-6-38-31(35)32(4,5)19-23-18-29(40(36,37)24-10-7-9-20(2)15-24)25-17-22(13-14-28(25)39-23)16-21(3)30-26(33)11-8-12-27(30)34/h7-17,23,29H,6,18-19H2,1-5H3/b21-16+/t23-,29+/m1/s1. The molecule has 0 radical (unpaired) electrons. The van der Waals surface area contributed by atoms with E-state index in [0.29, 0.717) is 33.0 Å². The molecule has 0 fully saturated rings. The van der Waals surface area contributed by atoms with Crippen molar-refractivity contribution in [2.45, 2.75) is 63.7 Å². The predicted octanol–water partition coefficient (Wildman–Crippen LogP) is 7.99. The van der Waals surface area contributed by atoms with Crippen molar-refractivity contribution < 1.29 is 27.1 Å². The van der Waals surface area contributed by atoms with Crippen LogP contribution < -0.4 is 4.74 Å². The third-order valence-corrected chi connectivity index (χ3v) is 9.57. The average molecular weight is 585 g/mol. The zero-order valence-corrected chi connectivity index (χ0v) is 24.9. The highest BCUT2D eigenvalue weighted by atomic mass is 35.5. The van der Waals surface area contributed by atoms with Gasteiger partial charge in [-0.05, 0) is 94.1 Å². The summed E-state index contributed by atoms with van der Waals surface area (Å²) < 4.78 is 54.2. The number of allylic oxidation sites excluding steroid dienone is 1. The summed E-state index contributed by atoms with van der Waals surface area (Å²) >= 11 is 6.27. The number of sulfone groups is 1. The van der Waals surface area contributed by atoms with Crippen LogP contribution in [0, 0.1) is 18.2 Å². The van der Waals surface area contributed by atoms with Crippen molar-refractivity contribution in [3.63, 3.8) is 0 Å². The molecule has 1 aliphatic rings. The number of carbonyl (C=O) groups is 1. The molecule has 0 spiro atoms. The number of fused-ring (bicyclic) bond motifs is 1. The topological polar surface area (TPSA) is 69.7 Å². The van der Waals surface area contributed by atoms with Crippen LogP contribution in [0.4, 0.5) is 4.39 Å². The fourth-order valence-corrected chi connectivity index (χ4v) is 7.41. The lowest BCUT2D eigenvalue weighted by molar-refractivity contribution is -0.155. The van der Waals surface area contributed by atoms with Crippen LogP contribution in [0.5, 0.6) is 5.75 Å². The van der Waals surface area contributed by atoms with Gasteiger partial charge in [0, 0.05) is 17.5 Å². The lowest BCUT2D eigenvalue weighted by atomic mass is 9.84. The number of aryl methyl sites for hydroxylation is 1. The molecule has 40 heavy (non-hydrogen) atoms. The zero-order valence-electron chi connectivity index (χ0n) is 23.3. The van der Waals surface area contributed by atoms with E-state index in [4.69, 9.17) is 21.1 Å². The Hall–Kier alpha value is -3.16. The Morgan fingerprint density at radius 3 is 2.55 bits per heavy atom. The number of halogens is 2. The van der Waals surface area contributed by atoms with Gasteiger partial charge in [-0.3, -0.25) is 4.79 Å². The monoisotopic (exact) mass is 584 g/mol. The molecule has 5 nitrogen and oxygen atoms in total. The van der Waals surface area contributed by atoms with Crippen molar-refractivity contribution in [3.05, 3.63) is 93.8 Å². The van der Waals surface area contributed by atoms with Crippen molar-refractivity contribution in [3.8, 4) is 5.75 Å². The number of ether oxygens (including phenoxy) is 2. The number of hydrogen-bond acceptors (Lipinski definition) is 5. The molecule has 0 N–H and O–H groups in total. The largest absolute Gasteiger partial charge is 0.490 e. The van der Waals surface area contributed by atoms with Crippen molar-refractivity contribution in [1.82, 2.24) is 0 Å². The van der Waals surface area contributed by atoms with Gasteiger partial charge in [-0.15, -0.1) is 0 Å².